The van der Waals surface area contributed by atoms with E-state index in [0.29, 0.717) is 16.3 Å². The molecule has 0 saturated carbocycles. The van der Waals surface area contributed by atoms with Crippen molar-refractivity contribution in [3.63, 3.8) is 0 Å². The Labute approximate surface area is 119 Å². The van der Waals surface area contributed by atoms with Crippen molar-refractivity contribution in [3.05, 3.63) is 28.8 Å². The van der Waals surface area contributed by atoms with Gasteiger partial charge in [0.2, 0.25) is 0 Å². The number of carboxylic acids is 2. The molecular formula is C12H13ClN2O5. The number of hydrogen-bond acceptors (Lipinski definition) is 3. The zero-order valence-electron chi connectivity index (χ0n) is 10.5. The molecule has 1 aromatic rings. The van der Waals surface area contributed by atoms with Gasteiger partial charge in [0.05, 0.1) is 17.1 Å². The number of halogens is 1. The number of urea groups is 1. The Morgan fingerprint density at radius 2 is 1.95 bits per heavy atom. The van der Waals surface area contributed by atoms with Gasteiger partial charge in [-0.15, -0.1) is 0 Å². The molecule has 0 heterocycles. The van der Waals surface area contributed by atoms with Crippen LogP contribution in [-0.2, 0) is 9.59 Å². The monoisotopic (exact) mass is 300 g/mol. The predicted octanol–water partition coefficient (Wildman–Crippen LogP) is 1.70. The quantitative estimate of drug-likeness (QED) is 0.660. The molecule has 0 spiro atoms. The minimum atomic E-state index is -1.52. The van der Waals surface area contributed by atoms with Crippen LogP contribution in [-0.4, -0.2) is 34.2 Å². The summed E-state index contributed by atoms with van der Waals surface area (Å²) in [5, 5.41) is 22.1. The van der Waals surface area contributed by atoms with E-state index >= 15 is 0 Å². The van der Waals surface area contributed by atoms with Crippen LogP contribution < -0.4 is 10.6 Å². The van der Waals surface area contributed by atoms with E-state index in [2.05, 4.69) is 10.6 Å². The van der Waals surface area contributed by atoms with E-state index in [1.165, 1.54) is 0 Å². The van der Waals surface area contributed by atoms with Crippen molar-refractivity contribution in [2.45, 2.75) is 19.4 Å². The van der Waals surface area contributed by atoms with Gasteiger partial charge in [0.25, 0.3) is 0 Å². The van der Waals surface area contributed by atoms with Gasteiger partial charge >= 0.3 is 18.0 Å². The lowest BCUT2D eigenvalue weighted by Crippen LogP contribution is -2.44. The molecule has 8 heteroatoms. The van der Waals surface area contributed by atoms with E-state index in [0.717, 1.165) is 0 Å². The molecule has 7 nitrogen and oxygen atoms in total. The van der Waals surface area contributed by atoms with E-state index in [1.807, 2.05) is 0 Å². The number of carbonyl (C=O) groups is 3. The maximum Gasteiger partial charge on any atom is 0.326 e. The maximum absolute atomic E-state index is 11.7. The third-order valence-electron chi connectivity index (χ3n) is 2.44. The van der Waals surface area contributed by atoms with Crippen LogP contribution in [0.4, 0.5) is 10.5 Å². The summed E-state index contributed by atoms with van der Waals surface area (Å²) in [6.07, 6.45) is -0.718. The number of aryl methyl sites for hydroxylation is 1. The van der Waals surface area contributed by atoms with E-state index in [1.54, 1.807) is 25.1 Å². The van der Waals surface area contributed by atoms with Gasteiger partial charge in [0, 0.05) is 0 Å². The van der Waals surface area contributed by atoms with Gasteiger partial charge in [-0.25, -0.2) is 9.59 Å². The number of carboxylic acid groups (broad SMARTS) is 2. The largest absolute Gasteiger partial charge is 0.481 e. The second-order valence-corrected chi connectivity index (χ2v) is 4.43. The number of para-hydroxylation sites is 1. The normalized spacial score (nSPS) is 11.5. The van der Waals surface area contributed by atoms with Crippen molar-refractivity contribution in [3.8, 4) is 0 Å². The summed E-state index contributed by atoms with van der Waals surface area (Å²) < 4.78 is 0. The SMILES string of the molecule is Cc1cccc(Cl)c1NC(=O)NC(CC(=O)O)C(=O)O. The van der Waals surface area contributed by atoms with Crippen LogP contribution in [0, 0.1) is 6.92 Å². The summed E-state index contributed by atoms with van der Waals surface area (Å²) in [5.74, 6) is -2.76. The minimum Gasteiger partial charge on any atom is -0.481 e. The molecule has 0 fully saturated rings. The van der Waals surface area contributed by atoms with Crippen LogP contribution in [0.5, 0.6) is 0 Å². The highest BCUT2D eigenvalue weighted by atomic mass is 35.5. The zero-order chi connectivity index (χ0) is 15.3. The van der Waals surface area contributed by atoms with Crippen molar-refractivity contribution in [1.82, 2.24) is 5.32 Å². The summed E-state index contributed by atoms with van der Waals surface area (Å²) in [5.41, 5.74) is 1.03. The Balaban J connectivity index is 2.76. The third kappa shape index (κ3) is 4.43. The summed E-state index contributed by atoms with van der Waals surface area (Å²) >= 11 is 5.90. The van der Waals surface area contributed by atoms with Crippen molar-refractivity contribution in [2.24, 2.45) is 0 Å². The molecule has 1 aromatic carbocycles. The Morgan fingerprint density at radius 1 is 1.30 bits per heavy atom. The highest BCUT2D eigenvalue weighted by molar-refractivity contribution is 6.33. The molecule has 2 amide bonds. The Kier molecular flexibility index (Phi) is 5.33. The summed E-state index contributed by atoms with van der Waals surface area (Å²) in [6, 6.07) is 2.62. The van der Waals surface area contributed by atoms with Crippen LogP contribution in [0.2, 0.25) is 5.02 Å². The molecule has 0 bridgehead atoms. The number of anilines is 1. The average molecular weight is 301 g/mol. The minimum absolute atomic E-state index is 0.297. The van der Waals surface area contributed by atoms with Gasteiger partial charge in [0.15, 0.2) is 0 Å². The van der Waals surface area contributed by atoms with Gasteiger partial charge < -0.3 is 20.8 Å². The van der Waals surface area contributed by atoms with Gasteiger partial charge in [-0.1, -0.05) is 23.7 Å². The first kappa shape index (κ1) is 15.8. The van der Waals surface area contributed by atoms with Crippen molar-refractivity contribution < 1.29 is 24.6 Å². The summed E-state index contributed by atoms with van der Waals surface area (Å²) in [7, 11) is 0. The molecule has 0 aliphatic rings. The average Bonchev–Trinajstić information content (AvgIpc) is 2.32. The highest BCUT2D eigenvalue weighted by Crippen LogP contribution is 2.24. The van der Waals surface area contributed by atoms with Crippen molar-refractivity contribution >= 4 is 35.3 Å². The summed E-state index contributed by atoms with van der Waals surface area (Å²) in [6.45, 7) is 1.72. The number of carbonyl (C=O) groups excluding carboxylic acids is 1. The van der Waals surface area contributed by atoms with E-state index in [9.17, 15) is 14.4 Å². The number of amides is 2. The van der Waals surface area contributed by atoms with Crippen molar-refractivity contribution in [1.29, 1.82) is 0 Å². The molecular weight excluding hydrogens is 288 g/mol. The fraction of sp³-hybridized carbons (Fsp3) is 0.250. The Morgan fingerprint density at radius 3 is 2.45 bits per heavy atom. The molecule has 0 aromatic heterocycles. The van der Waals surface area contributed by atoms with E-state index in [4.69, 9.17) is 21.8 Å². The number of nitrogens with one attached hydrogen (secondary N) is 2. The first-order valence-electron chi connectivity index (χ1n) is 5.58. The lowest BCUT2D eigenvalue weighted by molar-refractivity contribution is -0.145. The molecule has 1 atom stereocenters. The first-order chi connectivity index (χ1) is 9.31. The lowest BCUT2D eigenvalue weighted by atomic mass is 10.2. The lowest BCUT2D eigenvalue weighted by Gasteiger charge is -2.15. The van der Waals surface area contributed by atoms with E-state index in [-0.39, 0.29) is 0 Å². The molecule has 108 valence electrons. The predicted molar refractivity (Wildman–Crippen MR) is 72.0 cm³/mol. The number of rotatable bonds is 5. The van der Waals surface area contributed by atoms with Crippen LogP contribution in [0.25, 0.3) is 0 Å². The number of benzene rings is 1. The maximum atomic E-state index is 11.7. The molecule has 1 rings (SSSR count). The van der Waals surface area contributed by atoms with Gasteiger partial charge in [-0.2, -0.15) is 0 Å². The number of aliphatic carboxylic acids is 2. The smallest absolute Gasteiger partial charge is 0.326 e. The standard InChI is InChI=1S/C12H13ClN2O5/c1-6-3-2-4-7(13)10(6)15-12(20)14-8(11(18)19)5-9(16)17/h2-4,8H,5H2,1H3,(H,16,17)(H,18,19)(H2,14,15,20). The highest BCUT2D eigenvalue weighted by Gasteiger charge is 2.23. The topological polar surface area (TPSA) is 116 Å². The fourth-order valence-corrected chi connectivity index (χ4v) is 1.74. The second-order valence-electron chi connectivity index (χ2n) is 4.02. The molecule has 0 aliphatic carbocycles. The van der Waals surface area contributed by atoms with Crippen molar-refractivity contribution in [2.75, 3.05) is 5.32 Å². The van der Waals surface area contributed by atoms with Crippen LogP contribution in [0.3, 0.4) is 0 Å². The van der Waals surface area contributed by atoms with Crippen LogP contribution in [0.15, 0.2) is 18.2 Å². The van der Waals surface area contributed by atoms with Crippen LogP contribution in [0.1, 0.15) is 12.0 Å². The Hall–Kier alpha value is -2.28. The Bertz CT molecular complexity index is 526. The second kappa shape index (κ2) is 6.76. The molecule has 1 unspecified atom stereocenters. The first-order valence-corrected chi connectivity index (χ1v) is 5.96. The molecule has 0 aliphatic heterocycles. The fourth-order valence-electron chi connectivity index (χ4n) is 1.47. The van der Waals surface area contributed by atoms with Gasteiger partial charge in [-0.05, 0) is 18.6 Å². The molecule has 20 heavy (non-hydrogen) atoms. The third-order valence-corrected chi connectivity index (χ3v) is 2.76. The van der Waals surface area contributed by atoms with E-state index < -0.39 is 30.4 Å². The zero-order valence-corrected chi connectivity index (χ0v) is 11.3. The van der Waals surface area contributed by atoms with Crippen LogP contribution >= 0.6 is 11.6 Å². The van der Waals surface area contributed by atoms with Gasteiger partial charge in [0.1, 0.15) is 6.04 Å². The molecule has 0 saturated heterocycles. The molecule has 0 radical (unpaired) electrons. The van der Waals surface area contributed by atoms with Gasteiger partial charge in [-0.3, -0.25) is 4.79 Å². The summed E-state index contributed by atoms with van der Waals surface area (Å²) in [4.78, 5) is 33.0. The number of hydrogen-bond donors (Lipinski definition) is 4. The molecule has 4 N–H and O–H groups in total.